The van der Waals surface area contributed by atoms with Crippen molar-refractivity contribution >= 4 is 28.3 Å². The van der Waals surface area contributed by atoms with Gasteiger partial charge in [-0.15, -0.1) is 0 Å². The lowest BCUT2D eigenvalue weighted by atomic mass is 10.1. The Morgan fingerprint density at radius 1 is 1.22 bits per heavy atom. The number of nitrogens with zero attached hydrogens (tertiary/aromatic N) is 5. The van der Waals surface area contributed by atoms with E-state index >= 15 is 0 Å². The number of aromatic nitrogens is 5. The van der Waals surface area contributed by atoms with Gasteiger partial charge in [-0.25, -0.2) is 9.50 Å². The van der Waals surface area contributed by atoms with E-state index in [9.17, 15) is 4.79 Å². The molecule has 0 saturated heterocycles. The third-order valence-corrected chi connectivity index (χ3v) is 4.99. The first-order valence-electron chi connectivity index (χ1n) is 9.11. The van der Waals surface area contributed by atoms with Gasteiger partial charge in [0.2, 0.25) is 5.91 Å². The molecular weight excluding hydrogens is 340 g/mol. The minimum absolute atomic E-state index is 0.0123. The van der Waals surface area contributed by atoms with Gasteiger partial charge in [-0.1, -0.05) is 0 Å². The number of nitrogens with one attached hydrogen (secondary N) is 1. The number of hydrogen-bond acceptors (Lipinski definition) is 4. The maximum absolute atomic E-state index is 12.4. The Morgan fingerprint density at radius 3 is 2.89 bits per heavy atom. The summed E-state index contributed by atoms with van der Waals surface area (Å²) < 4.78 is 3.90. The first kappa shape index (κ1) is 17.2. The van der Waals surface area contributed by atoms with Crippen molar-refractivity contribution in [2.45, 2.75) is 40.2 Å². The molecule has 0 radical (unpaired) electrons. The number of fused-ring (bicyclic) bond motifs is 2. The molecule has 0 atom stereocenters. The number of carbonyl (C=O) groups excluding carboxylic acids is 1. The van der Waals surface area contributed by atoms with Crippen LogP contribution in [-0.2, 0) is 17.8 Å². The van der Waals surface area contributed by atoms with E-state index in [4.69, 9.17) is 0 Å². The highest BCUT2D eigenvalue weighted by Crippen LogP contribution is 2.21. The molecule has 0 bridgehead atoms. The van der Waals surface area contributed by atoms with Crippen LogP contribution in [0.4, 0.5) is 5.69 Å². The Balaban J connectivity index is 1.47. The fraction of sp³-hybridized carbons (Fsp3) is 0.300. The standard InChI is InChI=1S/C20H22N6O/c1-4-25-10-9-15-11-16(5-7-18(15)25)24-19(27)8-6-17-13(2)23-20-21-12-22-26(20)14(17)3/h5,7,9-12H,4,6,8H2,1-3H3,(H,24,27). The fourth-order valence-electron chi connectivity index (χ4n) is 3.53. The van der Waals surface area contributed by atoms with Gasteiger partial charge in [0, 0.05) is 47.1 Å². The second-order valence-corrected chi connectivity index (χ2v) is 6.66. The van der Waals surface area contributed by atoms with Crippen LogP contribution >= 0.6 is 0 Å². The molecule has 1 amide bonds. The van der Waals surface area contributed by atoms with Gasteiger partial charge in [-0.3, -0.25) is 4.79 Å². The summed E-state index contributed by atoms with van der Waals surface area (Å²) in [6.45, 7) is 6.97. The number of carbonyl (C=O) groups is 1. The molecule has 0 aliphatic rings. The smallest absolute Gasteiger partial charge is 0.252 e. The average Bonchev–Trinajstić information content (AvgIpc) is 3.27. The number of anilines is 1. The van der Waals surface area contributed by atoms with E-state index in [2.05, 4.69) is 44.1 Å². The van der Waals surface area contributed by atoms with Gasteiger partial charge in [0.25, 0.3) is 5.78 Å². The molecule has 1 aromatic carbocycles. The van der Waals surface area contributed by atoms with E-state index in [1.807, 2.05) is 32.0 Å². The molecular formula is C20H22N6O. The van der Waals surface area contributed by atoms with Crippen molar-refractivity contribution in [1.82, 2.24) is 24.1 Å². The van der Waals surface area contributed by atoms with E-state index in [1.165, 1.54) is 11.8 Å². The van der Waals surface area contributed by atoms with E-state index in [-0.39, 0.29) is 5.91 Å². The Morgan fingerprint density at radius 2 is 2.07 bits per heavy atom. The third kappa shape index (κ3) is 3.16. The van der Waals surface area contributed by atoms with Gasteiger partial charge < -0.3 is 9.88 Å². The van der Waals surface area contributed by atoms with Crippen LogP contribution in [0, 0.1) is 13.8 Å². The molecule has 0 fully saturated rings. The molecule has 4 aromatic rings. The lowest BCUT2D eigenvalue weighted by Crippen LogP contribution is -2.14. The predicted molar refractivity (Wildman–Crippen MR) is 105 cm³/mol. The summed E-state index contributed by atoms with van der Waals surface area (Å²) in [7, 11) is 0. The number of aryl methyl sites for hydroxylation is 3. The van der Waals surface area contributed by atoms with Crippen LogP contribution in [0.5, 0.6) is 0 Å². The average molecular weight is 362 g/mol. The summed E-state index contributed by atoms with van der Waals surface area (Å²) in [4.78, 5) is 21.0. The van der Waals surface area contributed by atoms with Crippen LogP contribution in [0.3, 0.4) is 0 Å². The number of hydrogen-bond donors (Lipinski definition) is 1. The minimum atomic E-state index is -0.0123. The molecule has 0 saturated carbocycles. The second-order valence-electron chi connectivity index (χ2n) is 6.66. The van der Waals surface area contributed by atoms with Gasteiger partial charge in [0.15, 0.2) is 0 Å². The molecule has 7 nitrogen and oxygen atoms in total. The lowest BCUT2D eigenvalue weighted by molar-refractivity contribution is -0.116. The SMILES string of the molecule is CCn1ccc2cc(NC(=O)CCc3c(C)nc4ncnn4c3C)ccc21. The van der Waals surface area contributed by atoms with Crippen molar-refractivity contribution in [3.63, 3.8) is 0 Å². The molecule has 0 aliphatic carbocycles. The van der Waals surface area contributed by atoms with E-state index < -0.39 is 0 Å². The van der Waals surface area contributed by atoms with E-state index in [0.29, 0.717) is 18.6 Å². The maximum Gasteiger partial charge on any atom is 0.252 e. The topological polar surface area (TPSA) is 77.1 Å². The van der Waals surface area contributed by atoms with Crippen molar-refractivity contribution in [3.05, 3.63) is 53.7 Å². The van der Waals surface area contributed by atoms with Crippen LogP contribution in [0.1, 0.15) is 30.3 Å². The van der Waals surface area contributed by atoms with Gasteiger partial charge in [0.05, 0.1) is 0 Å². The monoisotopic (exact) mass is 362 g/mol. The molecule has 4 rings (SSSR count). The van der Waals surface area contributed by atoms with Gasteiger partial charge in [-0.05, 0) is 57.0 Å². The van der Waals surface area contributed by atoms with Crippen molar-refractivity contribution in [2.75, 3.05) is 5.32 Å². The zero-order chi connectivity index (χ0) is 19.0. The van der Waals surface area contributed by atoms with Gasteiger partial charge in [0.1, 0.15) is 6.33 Å². The highest BCUT2D eigenvalue weighted by atomic mass is 16.1. The first-order valence-corrected chi connectivity index (χ1v) is 9.11. The number of amides is 1. The molecule has 3 aromatic heterocycles. The summed E-state index contributed by atoms with van der Waals surface area (Å²) >= 11 is 0. The van der Waals surface area contributed by atoms with Crippen LogP contribution in [-0.4, -0.2) is 30.1 Å². The largest absolute Gasteiger partial charge is 0.348 e. The van der Waals surface area contributed by atoms with E-state index in [1.54, 1.807) is 4.52 Å². The highest BCUT2D eigenvalue weighted by Gasteiger charge is 2.13. The molecule has 7 heteroatoms. The zero-order valence-corrected chi connectivity index (χ0v) is 15.7. The Bertz CT molecular complexity index is 1140. The number of rotatable bonds is 5. The molecule has 0 unspecified atom stereocenters. The zero-order valence-electron chi connectivity index (χ0n) is 15.7. The molecule has 1 N–H and O–H groups in total. The quantitative estimate of drug-likeness (QED) is 0.591. The van der Waals surface area contributed by atoms with Crippen LogP contribution < -0.4 is 5.32 Å². The second kappa shape index (κ2) is 6.83. The predicted octanol–water partition coefficient (Wildman–Crippen LogP) is 3.29. The molecule has 0 spiro atoms. The number of benzene rings is 1. The minimum Gasteiger partial charge on any atom is -0.348 e. The van der Waals surface area contributed by atoms with Gasteiger partial charge in [-0.2, -0.15) is 10.1 Å². The van der Waals surface area contributed by atoms with Gasteiger partial charge >= 0.3 is 0 Å². The van der Waals surface area contributed by atoms with Crippen LogP contribution in [0.2, 0.25) is 0 Å². The Hall–Kier alpha value is -3.22. The fourth-order valence-corrected chi connectivity index (χ4v) is 3.53. The summed E-state index contributed by atoms with van der Waals surface area (Å²) in [6, 6.07) is 8.08. The normalized spacial score (nSPS) is 11.4. The van der Waals surface area contributed by atoms with Crippen molar-refractivity contribution in [1.29, 1.82) is 0 Å². The maximum atomic E-state index is 12.4. The Labute approximate surface area is 157 Å². The summed E-state index contributed by atoms with van der Waals surface area (Å²) in [5.41, 5.74) is 4.90. The summed E-state index contributed by atoms with van der Waals surface area (Å²) in [6.07, 6.45) is 4.56. The van der Waals surface area contributed by atoms with Crippen LogP contribution in [0.15, 0.2) is 36.8 Å². The molecule has 3 heterocycles. The summed E-state index contributed by atoms with van der Waals surface area (Å²) in [5.74, 6) is 0.576. The molecule has 0 aliphatic heterocycles. The highest BCUT2D eigenvalue weighted by molar-refractivity contribution is 5.94. The van der Waals surface area contributed by atoms with E-state index in [0.717, 1.165) is 34.6 Å². The molecule has 138 valence electrons. The summed E-state index contributed by atoms with van der Waals surface area (Å²) in [5, 5.41) is 8.32. The lowest BCUT2D eigenvalue weighted by Gasteiger charge is -2.11. The third-order valence-electron chi connectivity index (χ3n) is 4.99. The first-order chi connectivity index (χ1) is 13.1. The van der Waals surface area contributed by atoms with Crippen molar-refractivity contribution < 1.29 is 4.79 Å². The Kier molecular flexibility index (Phi) is 4.35. The van der Waals surface area contributed by atoms with Crippen molar-refractivity contribution in [2.24, 2.45) is 0 Å². The van der Waals surface area contributed by atoms with Crippen molar-refractivity contribution in [3.8, 4) is 0 Å². The molecule has 27 heavy (non-hydrogen) atoms. The van der Waals surface area contributed by atoms with Crippen LogP contribution in [0.25, 0.3) is 16.7 Å².